The molecule has 0 aromatic carbocycles. The number of hydrogen-bond acceptors (Lipinski definition) is 4. The topological polar surface area (TPSA) is 49.1 Å². The summed E-state index contributed by atoms with van der Waals surface area (Å²) in [4.78, 5) is 0. The van der Waals surface area contributed by atoms with Crippen molar-refractivity contribution in [2.24, 2.45) is 27.2 Å². The van der Waals surface area contributed by atoms with Gasteiger partial charge in [0.2, 0.25) is 0 Å². The van der Waals surface area contributed by atoms with Crippen LogP contribution in [0.15, 0.2) is 15.3 Å². The Kier molecular flexibility index (Phi) is 2.78. The van der Waals surface area contributed by atoms with Crippen LogP contribution < -0.4 is 5.43 Å². The van der Waals surface area contributed by atoms with Gasteiger partial charge in [-0.05, 0) is 5.92 Å². The maximum Gasteiger partial charge on any atom is 0.172 e. The number of nitrogens with zero attached hydrogens (tertiary/aromatic N) is 3. The molecule has 0 amide bonds. The molecule has 68 valence electrons. The molecule has 1 unspecified atom stereocenters. The van der Waals surface area contributed by atoms with Gasteiger partial charge in [-0.2, -0.15) is 10.2 Å². The van der Waals surface area contributed by atoms with E-state index in [1.165, 1.54) is 0 Å². The zero-order valence-electron chi connectivity index (χ0n) is 8.07. The number of amidine groups is 1. The van der Waals surface area contributed by atoms with Gasteiger partial charge in [-0.25, -0.2) is 0 Å². The molecule has 0 radical (unpaired) electrons. The van der Waals surface area contributed by atoms with Gasteiger partial charge in [-0.1, -0.05) is 27.7 Å². The van der Waals surface area contributed by atoms with Gasteiger partial charge < -0.3 is 0 Å². The molecule has 1 atom stereocenters. The van der Waals surface area contributed by atoms with Crippen molar-refractivity contribution in [1.29, 1.82) is 0 Å². The molecule has 0 spiro atoms. The molecular weight excluding hydrogens is 152 g/mol. The second-order valence-electron chi connectivity index (χ2n) is 3.66. The van der Waals surface area contributed by atoms with E-state index in [0.29, 0.717) is 11.8 Å². The molecule has 0 aliphatic carbocycles. The van der Waals surface area contributed by atoms with Gasteiger partial charge in [0, 0.05) is 5.92 Å². The van der Waals surface area contributed by atoms with Crippen LogP contribution in [0.1, 0.15) is 27.7 Å². The highest BCUT2D eigenvalue weighted by Gasteiger charge is 2.16. The SMILES string of the molecule is CC(C)C1=NNC(C(C)C)N=N1. The fourth-order valence-corrected chi connectivity index (χ4v) is 0.829. The Morgan fingerprint density at radius 3 is 2.25 bits per heavy atom. The Morgan fingerprint density at radius 1 is 1.25 bits per heavy atom. The molecule has 1 heterocycles. The quantitative estimate of drug-likeness (QED) is 0.673. The van der Waals surface area contributed by atoms with Crippen LogP contribution in [0.5, 0.6) is 0 Å². The average molecular weight is 168 g/mol. The Bertz CT molecular complexity index is 205. The van der Waals surface area contributed by atoms with Crippen molar-refractivity contribution in [2.75, 3.05) is 0 Å². The van der Waals surface area contributed by atoms with Crippen LogP contribution in [-0.4, -0.2) is 12.0 Å². The third kappa shape index (κ3) is 2.03. The lowest BCUT2D eigenvalue weighted by molar-refractivity contribution is 0.397. The lowest BCUT2D eigenvalue weighted by Crippen LogP contribution is -2.32. The second kappa shape index (κ2) is 3.65. The van der Waals surface area contributed by atoms with E-state index < -0.39 is 0 Å². The summed E-state index contributed by atoms with van der Waals surface area (Å²) in [6.45, 7) is 8.28. The van der Waals surface area contributed by atoms with Crippen LogP contribution in [-0.2, 0) is 0 Å². The first-order valence-corrected chi connectivity index (χ1v) is 4.35. The zero-order chi connectivity index (χ0) is 9.14. The molecule has 0 bridgehead atoms. The molecule has 12 heavy (non-hydrogen) atoms. The van der Waals surface area contributed by atoms with Crippen molar-refractivity contribution in [1.82, 2.24) is 5.43 Å². The molecule has 4 heteroatoms. The van der Waals surface area contributed by atoms with Crippen LogP contribution in [0.4, 0.5) is 0 Å². The predicted octanol–water partition coefficient (Wildman–Crippen LogP) is 1.99. The smallest absolute Gasteiger partial charge is 0.172 e. The van der Waals surface area contributed by atoms with E-state index >= 15 is 0 Å². The molecule has 1 N–H and O–H groups in total. The number of hydrogen-bond donors (Lipinski definition) is 1. The van der Waals surface area contributed by atoms with Crippen molar-refractivity contribution in [3.05, 3.63) is 0 Å². The number of nitrogens with one attached hydrogen (secondary N) is 1. The summed E-state index contributed by atoms with van der Waals surface area (Å²) in [6, 6.07) is 0. The predicted molar refractivity (Wildman–Crippen MR) is 48.9 cm³/mol. The van der Waals surface area contributed by atoms with Crippen molar-refractivity contribution in [3.63, 3.8) is 0 Å². The Balaban J connectivity index is 2.55. The Hall–Kier alpha value is -0.930. The largest absolute Gasteiger partial charge is 0.282 e. The summed E-state index contributed by atoms with van der Waals surface area (Å²) in [5.74, 6) is 1.56. The molecule has 0 saturated heterocycles. The summed E-state index contributed by atoms with van der Waals surface area (Å²) in [5, 5.41) is 12.3. The highest BCUT2D eigenvalue weighted by Crippen LogP contribution is 2.10. The minimum absolute atomic E-state index is 0.0486. The van der Waals surface area contributed by atoms with E-state index in [1.54, 1.807) is 0 Å². The Morgan fingerprint density at radius 2 is 1.92 bits per heavy atom. The first kappa shape index (κ1) is 9.16. The maximum absolute atomic E-state index is 4.14. The van der Waals surface area contributed by atoms with Crippen LogP contribution in [0.3, 0.4) is 0 Å². The van der Waals surface area contributed by atoms with Gasteiger partial charge in [-0.15, -0.1) is 5.11 Å². The van der Waals surface area contributed by atoms with Crippen LogP contribution in [0, 0.1) is 11.8 Å². The van der Waals surface area contributed by atoms with Gasteiger partial charge in [0.1, 0.15) is 0 Å². The Labute approximate surface area is 73.2 Å². The fourth-order valence-electron chi connectivity index (χ4n) is 0.829. The summed E-state index contributed by atoms with van der Waals surface area (Å²) >= 11 is 0. The highest BCUT2D eigenvalue weighted by atomic mass is 15.4. The van der Waals surface area contributed by atoms with Crippen molar-refractivity contribution < 1.29 is 0 Å². The average Bonchev–Trinajstić information content (AvgIpc) is 2.04. The summed E-state index contributed by atoms with van der Waals surface area (Å²) in [7, 11) is 0. The number of hydrazone groups is 1. The van der Waals surface area contributed by atoms with Gasteiger partial charge >= 0.3 is 0 Å². The number of rotatable bonds is 2. The van der Waals surface area contributed by atoms with Crippen LogP contribution in [0.25, 0.3) is 0 Å². The highest BCUT2D eigenvalue weighted by molar-refractivity contribution is 5.84. The summed E-state index contributed by atoms with van der Waals surface area (Å²) in [6.07, 6.45) is 0.0486. The van der Waals surface area contributed by atoms with Crippen molar-refractivity contribution >= 4 is 5.84 Å². The van der Waals surface area contributed by atoms with Gasteiger partial charge in [0.25, 0.3) is 0 Å². The van der Waals surface area contributed by atoms with E-state index in [0.717, 1.165) is 5.84 Å². The molecule has 1 aliphatic rings. The van der Waals surface area contributed by atoms with E-state index in [-0.39, 0.29) is 6.17 Å². The zero-order valence-corrected chi connectivity index (χ0v) is 8.07. The van der Waals surface area contributed by atoms with E-state index in [9.17, 15) is 0 Å². The number of azo groups is 1. The molecule has 0 aromatic rings. The lowest BCUT2D eigenvalue weighted by atomic mass is 10.1. The molecule has 4 nitrogen and oxygen atoms in total. The van der Waals surface area contributed by atoms with Crippen molar-refractivity contribution in [2.45, 2.75) is 33.9 Å². The van der Waals surface area contributed by atoms with Gasteiger partial charge in [-0.3, -0.25) is 5.43 Å². The first-order valence-electron chi connectivity index (χ1n) is 4.35. The van der Waals surface area contributed by atoms with E-state index in [4.69, 9.17) is 0 Å². The minimum atomic E-state index is 0.0486. The summed E-state index contributed by atoms with van der Waals surface area (Å²) < 4.78 is 0. The molecule has 0 fully saturated rings. The maximum atomic E-state index is 4.14. The third-order valence-electron chi connectivity index (χ3n) is 1.74. The van der Waals surface area contributed by atoms with Crippen LogP contribution in [0.2, 0.25) is 0 Å². The van der Waals surface area contributed by atoms with Gasteiger partial charge in [0.15, 0.2) is 12.0 Å². The monoisotopic (exact) mass is 168 g/mol. The summed E-state index contributed by atoms with van der Waals surface area (Å²) in [5.41, 5.74) is 2.98. The third-order valence-corrected chi connectivity index (χ3v) is 1.74. The minimum Gasteiger partial charge on any atom is -0.282 e. The molecular formula is C8H16N4. The molecule has 1 rings (SSSR count). The first-order chi connectivity index (χ1) is 5.61. The standard InChI is InChI=1S/C8H16N4/c1-5(2)7-9-11-8(6(3)4)12-10-7/h5-7,9H,1-4H3. The normalized spacial score (nSPS) is 22.8. The van der Waals surface area contributed by atoms with Gasteiger partial charge in [0.05, 0.1) is 0 Å². The van der Waals surface area contributed by atoms with Crippen LogP contribution >= 0.6 is 0 Å². The lowest BCUT2D eigenvalue weighted by Gasteiger charge is -2.19. The molecule has 1 aliphatic heterocycles. The van der Waals surface area contributed by atoms with E-state index in [1.807, 2.05) is 0 Å². The van der Waals surface area contributed by atoms with E-state index in [2.05, 4.69) is 48.5 Å². The molecule has 0 saturated carbocycles. The van der Waals surface area contributed by atoms with Crippen molar-refractivity contribution in [3.8, 4) is 0 Å². The molecule has 0 aromatic heterocycles. The second-order valence-corrected chi connectivity index (χ2v) is 3.66. The fraction of sp³-hybridized carbons (Fsp3) is 0.875.